The van der Waals surface area contributed by atoms with Crippen LogP contribution in [0.3, 0.4) is 0 Å². The SMILES string of the molecule is CCCc1nnsc1C(=O)N(C)C(C)CCl. The Labute approximate surface area is 105 Å². The summed E-state index contributed by atoms with van der Waals surface area (Å²) in [5, 5.41) is 3.98. The first-order valence-corrected chi connectivity index (χ1v) is 6.56. The summed E-state index contributed by atoms with van der Waals surface area (Å²) in [6.07, 6.45) is 1.75. The van der Waals surface area contributed by atoms with Crippen LogP contribution in [0.1, 0.15) is 35.6 Å². The number of hydrogen-bond donors (Lipinski definition) is 0. The van der Waals surface area contributed by atoms with Crippen molar-refractivity contribution >= 4 is 29.0 Å². The maximum Gasteiger partial charge on any atom is 0.267 e. The van der Waals surface area contributed by atoms with Crippen LogP contribution >= 0.6 is 23.1 Å². The van der Waals surface area contributed by atoms with Gasteiger partial charge in [-0.15, -0.1) is 16.7 Å². The zero-order chi connectivity index (χ0) is 12.1. The summed E-state index contributed by atoms with van der Waals surface area (Å²) in [5.41, 5.74) is 0.797. The van der Waals surface area contributed by atoms with Crippen molar-refractivity contribution in [2.75, 3.05) is 12.9 Å². The summed E-state index contributed by atoms with van der Waals surface area (Å²) in [6.45, 7) is 3.97. The van der Waals surface area contributed by atoms with Gasteiger partial charge in [-0.25, -0.2) is 0 Å². The lowest BCUT2D eigenvalue weighted by molar-refractivity contribution is 0.0760. The number of aryl methyl sites for hydroxylation is 1. The van der Waals surface area contributed by atoms with Crippen molar-refractivity contribution in [2.45, 2.75) is 32.7 Å². The lowest BCUT2D eigenvalue weighted by atomic mass is 10.2. The molecule has 0 saturated carbocycles. The molecule has 1 amide bonds. The second-order valence-electron chi connectivity index (χ2n) is 3.72. The molecule has 1 heterocycles. The van der Waals surface area contributed by atoms with E-state index in [4.69, 9.17) is 11.6 Å². The quantitative estimate of drug-likeness (QED) is 0.764. The molecule has 1 aromatic heterocycles. The standard InChI is InChI=1S/C10H16ClN3OS/c1-4-5-8-9(16-13-12-8)10(15)14(3)7(2)6-11/h7H,4-6H2,1-3H3. The van der Waals surface area contributed by atoms with Gasteiger partial charge in [0.05, 0.1) is 5.69 Å². The van der Waals surface area contributed by atoms with E-state index in [1.54, 1.807) is 11.9 Å². The van der Waals surface area contributed by atoms with Crippen LogP contribution in [0.4, 0.5) is 0 Å². The van der Waals surface area contributed by atoms with Crippen molar-refractivity contribution in [3.63, 3.8) is 0 Å². The van der Waals surface area contributed by atoms with E-state index < -0.39 is 0 Å². The molecule has 0 radical (unpaired) electrons. The van der Waals surface area contributed by atoms with Crippen LogP contribution in [0.2, 0.25) is 0 Å². The minimum absolute atomic E-state index is 0.0192. The number of alkyl halides is 1. The molecule has 0 aliphatic rings. The molecule has 0 aliphatic heterocycles. The second kappa shape index (κ2) is 6.15. The predicted molar refractivity (Wildman–Crippen MR) is 66.2 cm³/mol. The zero-order valence-corrected chi connectivity index (χ0v) is 11.3. The Morgan fingerprint density at radius 2 is 2.31 bits per heavy atom. The monoisotopic (exact) mass is 261 g/mol. The lowest BCUT2D eigenvalue weighted by Crippen LogP contribution is -2.36. The molecule has 4 nitrogen and oxygen atoms in total. The molecular formula is C10H16ClN3OS. The van der Waals surface area contributed by atoms with E-state index in [0.29, 0.717) is 10.8 Å². The molecule has 0 bridgehead atoms. The Hall–Kier alpha value is -0.680. The topological polar surface area (TPSA) is 46.1 Å². The van der Waals surface area contributed by atoms with E-state index in [2.05, 4.69) is 16.5 Å². The van der Waals surface area contributed by atoms with Crippen molar-refractivity contribution in [1.82, 2.24) is 14.5 Å². The third kappa shape index (κ3) is 2.92. The van der Waals surface area contributed by atoms with Gasteiger partial charge in [0.2, 0.25) is 0 Å². The summed E-state index contributed by atoms with van der Waals surface area (Å²) < 4.78 is 3.84. The Morgan fingerprint density at radius 1 is 1.62 bits per heavy atom. The maximum atomic E-state index is 12.1. The third-order valence-corrected chi connectivity index (χ3v) is 3.64. The summed E-state index contributed by atoms with van der Waals surface area (Å²) >= 11 is 6.89. The lowest BCUT2D eigenvalue weighted by Gasteiger charge is -2.22. The molecule has 0 aromatic carbocycles. The number of halogens is 1. The van der Waals surface area contributed by atoms with Crippen molar-refractivity contribution in [2.24, 2.45) is 0 Å². The van der Waals surface area contributed by atoms with Gasteiger partial charge in [0.1, 0.15) is 4.88 Å². The number of nitrogens with zero attached hydrogens (tertiary/aromatic N) is 3. The van der Waals surface area contributed by atoms with E-state index in [1.165, 1.54) is 0 Å². The number of rotatable bonds is 5. The van der Waals surface area contributed by atoms with Gasteiger partial charge < -0.3 is 4.90 Å². The summed E-state index contributed by atoms with van der Waals surface area (Å²) in [4.78, 5) is 14.4. The van der Waals surface area contributed by atoms with E-state index in [-0.39, 0.29) is 11.9 Å². The molecule has 6 heteroatoms. The first-order valence-electron chi connectivity index (χ1n) is 5.26. The average Bonchev–Trinajstić information content (AvgIpc) is 2.74. The molecular weight excluding hydrogens is 246 g/mol. The maximum absolute atomic E-state index is 12.1. The molecule has 1 aromatic rings. The molecule has 1 atom stereocenters. The Kier molecular flexibility index (Phi) is 5.15. The van der Waals surface area contributed by atoms with Crippen LogP contribution in [0.25, 0.3) is 0 Å². The van der Waals surface area contributed by atoms with Gasteiger partial charge in [0.25, 0.3) is 5.91 Å². The number of carbonyl (C=O) groups is 1. The van der Waals surface area contributed by atoms with Crippen molar-refractivity contribution in [3.8, 4) is 0 Å². The van der Waals surface area contributed by atoms with Crippen molar-refractivity contribution in [1.29, 1.82) is 0 Å². The van der Waals surface area contributed by atoms with E-state index in [9.17, 15) is 4.79 Å². The highest BCUT2D eigenvalue weighted by molar-refractivity contribution is 7.08. The smallest absolute Gasteiger partial charge is 0.267 e. The fraction of sp³-hybridized carbons (Fsp3) is 0.700. The molecule has 0 aliphatic carbocycles. The highest BCUT2D eigenvalue weighted by atomic mass is 35.5. The van der Waals surface area contributed by atoms with Crippen molar-refractivity contribution in [3.05, 3.63) is 10.6 Å². The minimum atomic E-state index is -0.0356. The predicted octanol–water partition coefficient (Wildman–Crippen LogP) is 2.19. The largest absolute Gasteiger partial charge is 0.337 e. The van der Waals surface area contributed by atoms with Crippen LogP contribution in [0.15, 0.2) is 0 Å². The van der Waals surface area contributed by atoms with Gasteiger partial charge in [0, 0.05) is 19.0 Å². The summed E-state index contributed by atoms with van der Waals surface area (Å²) in [7, 11) is 1.75. The first-order chi connectivity index (χ1) is 7.61. The zero-order valence-electron chi connectivity index (χ0n) is 9.73. The molecule has 16 heavy (non-hydrogen) atoms. The normalized spacial score (nSPS) is 12.5. The highest BCUT2D eigenvalue weighted by Crippen LogP contribution is 2.16. The third-order valence-electron chi connectivity index (χ3n) is 2.44. The van der Waals surface area contributed by atoms with Gasteiger partial charge >= 0.3 is 0 Å². The van der Waals surface area contributed by atoms with Crippen LogP contribution in [-0.2, 0) is 6.42 Å². The van der Waals surface area contributed by atoms with Gasteiger partial charge in [-0.1, -0.05) is 17.8 Å². The number of hydrogen-bond acceptors (Lipinski definition) is 4. The molecule has 0 fully saturated rings. The Balaban J connectivity index is 2.83. The number of amides is 1. The molecule has 0 saturated heterocycles. The molecule has 1 rings (SSSR count). The Morgan fingerprint density at radius 3 is 2.88 bits per heavy atom. The van der Waals surface area contributed by atoms with Crippen LogP contribution in [-0.4, -0.2) is 39.4 Å². The van der Waals surface area contributed by atoms with Gasteiger partial charge in [-0.05, 0) is 24.9 Å². The van der Waals surface area contributed by atoms with Gasteiger partial charge in [0.15, 0.2) is 0 Å². The molecule has 0 spiro atoms. The Bertz CT molecular complexity index is 356. The fourth-order valence-electron chi connectivity index (χ4n) is 1.24. The molecule has 0 N–H and O–H groups in total. The van der Waals surface area contributed by atoms with Crippen molar-refractivity contribution < 1.29 is 4.79 Å². The van der Waals surface area contributed by atoms with E-state index in [1.807, 2.05) is 6.92 Å². The summed E-state index contributed by atoms with van der Waals surface area (Å²) in [6, 6.07) is 0.0192. The van der Waals surface area contributed by atoms with E-state index >= 15 is 0 Å². The van der Waals surface area contributed by atoms with Gasteiger partial charge in [-0.2, -0.15) is 0 Å². The van der Waals surface area contributed by atoms with Gasteiger partial charge in [-0.3, -0.25) is 4.79 Å². The summed E-state index contributed by atoms with van der Waals surface area (Å²) in [5.74, 6) is 0.393. The molecule has 1 unspecified atom stereocenters. The number of aromatic nitrogens is 2. The molecule has 90 valence electrons. The second-order valence-corrected chi connectivity index (χ2v) is 4.78. The first kappa shape index (κ1) is 13.4. The highest BCUT2D eigenvalue weighted by Gasteiger charge is 2.22. The van der Waals surface area contributed by atoms with Crippen LogP contribution in [0.5, 0.6) is 0 Å². The fourth-order valence-corrected chi connectivity index (χ4v) is 2.13. The average molecular weight is 262 g/mol. The number of carbonyl (C=O) groups excluding carboxylic acids is 1. The van der Waals surface area contributed by atoms with Crippen LogP contribution < -0.4 is 0 Å². The minimum Gasteiger partial charge on any atom is -0.337 e. The van der Waals surface area contributed by atoms with Crippen LogP contribution in [0, 0.1) is 0 Å². The van der Waals surface area contributed by atoms with E-state index in [0.717, 1.165) is 30.1 Å².